The molecule has 3 N–H and O–H groups in total. The minimum absolute atomic E-state index is 0.132. The van der Waals surface area contributed by atoms with Crippen LogP contribution in [0.25, 0.3) is 0 Å². The molecule has 2 heterocycles. The number of esters is 1. The lowest BCUT2D eigenvalue weighted by molar-refractivity contribution is -0.172. The SMILES string of the molecule is CNc1cc(N2CCC(CC3(C(=O)OC(C)(C)C)CCN(C(=O)OCc4ccccc4)CC3)CC2)ccc1N. The fourth-order valence-corrected chi connectivity index (χ4v) is 5.71. The van der Waals surface area contributed by atoms with Gasteiger partial charge in [0.15, 0.2) is 0 Å². The Balaban J connectivity index is 1.37. The Morgan fingerprint density at radius 2 is 1.69 bits per heavy atom. The molecule has 1 amide bonds. The van der Waals surface area contributed by atoms with Gasteiger partial charge < -0.3 is 30.3 Å². The Morgan fingerprint density at radius 1 is 1.03 bits per heavy atom. The summed E-state index contributed by atoms with van der Waals surface area (Å²) in [6.45, 7) is 8.83. The van der Waals surface area contributed by atoms with E-state index in [1.807, 2.05) is 64.2 Å². The lowest BCUT2D eigenvalue weighted by Gasteiger charge is -2.44. The Morgan fingerprint density at radius 3 is 2.31 bits per heavy atom. The van der Waals surface area contributed by atoms with Crippen molar-refractivity contribution in [3.8, 4) is 0 Å². The van der Waals surface area contributed by atoms with E-state index in [2.05, 4.69) is 22.3 Å². The molecule has 0 radical (unpaired) electrons. The Kier molecular flexibility index (Phi) is 8.93. The van der Waals surface area contributed by atoms with Crippen LogP contribution in [0, 0.1) is 11.3 Å². The van der Waals surface area contributed by atoms with E-state index in [4.69, 9.17) is 15.2 Å². The number of carbonyl (C=O) groups is 2. The van der Waals surface area contributed by atoms with Gasteiger partial charge >= 0.3 is 12.1 Å². The van der Waals surface area contributed by atoms with E-state index in [1.165, 1.54) is 0 Å². The van der Waals surface area contributed by atoms with Crippen molar-refractivity contribution >= 4 is 29.1 Å². The monoisotopic (exact) mass is 536 g/mol. The quantitative estimate of drug-likeness (QED) is 0.347. The van der Waals surface area contributed by atoms with Crippen LogP contribution in [0.15, 0.2) is 48.5 Å². The second kappa shape index (κ2) is 12.2. The van der Waals surface area contributed by atoms with Crippen LogP contribution in [0.4, 0.5) is 21.9 Å². The van der Waals surface area contributed by atoms with Gasteiger partial charge in [-0.3, -0.25) is 4.79 Å². The number of amides is 1. The van der Waals surface area contributed by atoms with Crippen LogP contribution in [0.3, 0.4) is 0 Å². The predicted octanol–water partition coefficient (Wildman–Crippen LogP) is 5.68. The fraction of sp³-hybridized carbons (Fsp3) is 0.548. The van der Waals surface area contributed by atoms with E-state index < -0.39 is 11.0 Å². The second-order valence-electron chi connectivity index (χ2n) is 12.0. The highest BCUT2D eigenvalue weighted by molar-refractivity contribution is 5.78. The number of piperidine rings is 2. The van der Waals surface area contributed by atoms with E-state index in [0.717, 1.165) is 55.0 Å². The normalized spacial score (nSPS) is 17.9. The summed E-state index contributed by atoms with van der Waals surface area (Å²) >= 11 is 0. The van der Waals surface area contributed by atoms with Gasteiger partial charge in [-0.15, -0.1) is 0 Å². The zero-order chi connectivity index (χ0) is 28.0. The van der Waals surface area contributed by atoms with Gasteiger partial charge in [-0.25, -0.2) is 4.79 Å². The lowest BCUT2D eigenvalue weighted by atomic mass is 9.70. The predicted molar refractivity (Wildman–Crippen MR) is 156 cm³/mol. The Bertz CT molecular complexity index is 1120. The van der Waals surface area contributed by atoms with Gasteiger partial charge in [0.2, 0.25) is 0 Å². The number of nitrogens with two attached hydrogens (primary N) is 1. The van der Waals surface area contributed by atoms with Crippen LogP contribution in [0.5, 0.6) is 0 Å². The number of anilines is 3. The summed E-state index contributed by atoms with van der Waals surface area (Å²) in [6, 6.07) is 15.8. The largest absolute Gasteiger partial charge is 0.460 e. The number of hydrogen-bond acceptors (Lipinski definition) is 7. The summed E-state index contributed by atoms with van der Waals surface area (Å²) in [7, 11) is 1.88. The first kappa shape index (κ1) is 28.6. The topological polar surface area (TPSA) is 97.1 Å². The fourth-order valence-electron chi connectivity index (χ4n) is 5.71. The van der Waals surface area contributed by atoms with E-state index in [-0.39, 0.29) is 18.7 Å². The molecule has 0 spiro atoms. The number of hydrogen-bond donors (Lipinski definition) is 2. The van der Waals surface area contributed by atoms with E-state index in [1.54, 1.807) is 4.90 Å². The number of nitrogens with zero attached hydrogens (tertiary/aromatic N) is 2. The minimum atomic E-state index is -0.586. The molecule has 8 heteroatoms. The standard InChI is InChI=1S/C31H44N4O4/c1-30(2,3)39-28(36)31(14-18-35(19-15-31)29(37)38-22-24-8-6-5-7-9-24)21-23-12-16-34(17-13-23)25-10-11-26(32)27(20-25)33-4/h5-11,20,23,33H,12-19,21-22,32H2,1-4H3. The molecule has 0 unspecified atom stereocenters. The maximum Gasteiger partial charge on any atom is 0.410 e. The number of ether oxygens (including phenoxy) is 2. The van der Waals surface area contributed by atoms with Crippen LogP contribution >= 0.6 is 0 Å². The van der Waals surface area contributed by atoms with Crippen molar-refractivity contribution in [1.82, 2.24) is 4.90 Å². The first-order valence-corrected chi connectivity index (χ1v) is 14.1. The summed E-state index contributed by atoms with van der Waals surface area (Å²) in [5.41, 5.74) is 8.71. The van der Waals surface area contributed by atoms with Gasteiger partial charge in [-0.05, 0) is 82.6 Å². The smallest absolute Gasteiger partial charge is 0.410 e. The zero-order valence-corrected chi connectivity index (χ0v) is 23.9. The maximum atomic E-state index is 13.6. The van der Waals surface area contributed by atoms with E-state index in [9.17, 15) is 9.59 Å². The van der Waals surface area contributed by atoms with Gasteiger partial charge in [0, 0.05) is 38.9 Å². The second-order valence-corrected chi connectivity index (χ2v) is 12.0. The molecule has 2 fully saturated rings. The molecule has 0 saturated carbocycles. The number of benzene rings is 2. The van der Waals surface area contributed by atoms with Crippen LogP contribution in [0.2, 0.25) is 0 Å². The van der Waals surface area contributed by atoms with E-state index in [0.29, 0.717) is 31.8 Å². The highest BCUT2D eigenvalue weighted by atomic mass is 16.6. The van der Waals surface area contributed by atoms with Crippen molar-refractivity contribution in [1.29, 1.82) is 0 Å². The van der Waals surface area contributed by atoms with Crippen molar-refractivity contribution < 1.29 is 19.1 Å². The average molecular weight is 537 g/mol. The maximum absolute atomic E-state index is 13.6. The molecule has 0 aliphatic carbocycles. The molecule has 2 aromatic carbocycles. The summed E-state index contributed by atoms with van der Waals surface area (Å²) in [5, 5.41) is 3.16. The zero-order valence-electron chi connectivity index (χ0n) is 23.9. The van der Waals surface area contributed by atoms with Gasteiger partial charge in [-0.2, -0.15) is 0 Å². The van der Waals surface area contributed by atoms with Crippen LogP contribution in [-0.2, 0) is 20.9 Å². The number of rotatable bonds is 7. The molecule has 39 heavy (non-hydrogen) atoms. The van der Waals surface area contributed by atoms with Gasteiger partial charge in [-0.1, -0.05) is 30.3 Å². The third-order valence-corrected chi connectivity index (χ3v) is 7.98. The third kappa shape index (κ3) is 7.37. The average Bonchev–Trinajstić information content (AvgIpc) is 2.92. The van der Waals surface area contributed by atoms with Crippen LogP contribution < -0.4 is 16.0 Å². The number of likely N-dealkylation sites (tertiary alicyclic amines) is 1. The molecule has 2 aliphatic heterocycles. The van der Waals surface area contributed by atoms with Crippen molar-refractivity contribution in [2.24, 2.45) is 11.3 Å². The van der Waals surface area contributed by atoms with Gasteiger partial charge in [0.05, 0.1) is 16.8 Å². The molecule has 0 bridgehead atoms. The molecule has 212 valence electrons. The Labute approximate surface area is 232 Å². The summed E-state index contributed by atoms with van der Waals surface area (Å²) < 4.78 is 11.5. The first-order chi connectivity index (χ1) is 18.6. The molecule has 2 saturated heterocycles. The summed E-state index contributed by atoms with van der Waals surface area (Å²) in [4.78, 5) is 30.5. The van der Waals surface area contributed by atoms with Crippen LogP contribution in [0.1, 0.15) is 58.4 Å². The molecular weight excluding hydrogens is 492 g/mol. The highest BCUT2D eigenvalue weighted by Crippen LogP contribution is 2.43. The van der Waals surface area contributed by atoms with Crippen molar-refractivity contribution in [2.45, 2.75) is 65.1 Å². The number of nitrogens with one attached hydrogen (secondary N) is 1. The highest BCUT2D eigenvalue weighted by Gasteiger charge is 2.46. The molecule has 2 aromatic rings. The van der Waals surface area contributed by atoms with E-state index >= 15 is 0 Å². The van der Waals surface area contributed by atoms with Gasteiger partial charge in [0.25, 0.3) is 0 Å². The minimum Gasteiger partial charge on any atom is -0.460 e. The Hall–Kier alpha value is -3.42. The molecule has 2 aliphatic rings. The summed E-state index contributed by atoms with van der Waals surface area (Å²) in [5.74, 6) is 0.287. The molecule has 8 nitrogen and oxygen atoms in total. The number of carbonyl (C=O) groups excluding carboxylic acids is 2. The van der Waals surface area contributed by atoms with Crippen molar-refractivity contribution in [2.75, 3.05) is 49.2 Å². The number of nitrogen functional groups attached to an aromatic ring is 1. The van der Waals surface area contributed by atoms with Gasteiger partial charge in [0.1, 0.15) is 12.2 Å². The lowest BCUT2D eigenvalue weighted by Crippen LogP contribution is -2.50. The summed E-state index contributed by atoms with van der Waals surface area (Å²) in [6.07, 6.45) is 3.65. The molecular formula is C31H44N4O4. The van der Waals surface area contributed by atoms with Crippen LogP contribution in [-0.4, -0.2) is 55.8 Å². The first-order valence-electron chi connectivity index (χ1n) is 14.1. The molecule has 0 atom stereocenters. The third-order valence-electron chi connectivity index (χ3n) is 7.98. The van der Waals surface area contributed by atoms with Crippen molar-refractivity contribution in [3.63, 3.8) is 0 Å². The molecule has 4 rings (SSSR count). The van der Waals surface area contributed by atoms with Crippen molar-refractivity contribution in [3.05, 3.63) is 54.1 Å². The molecule has 0 aromatic heterocycles.